The van der Waals surface area contributed by atoms with Gasteiger partial charge in [0.2, 0.25) is 5.91 Å². The molecule has 154 valence electrons. The highest BCUT2D eigenvalue weighted by atomic mass is 16.5. The van der Waals surface area contributed by atoms with Crippen molar-refractivity contribution in [1.82, 2.24) is 14.4 Å². The van der Waals surface area contributed by atoms with E-state index in [0.717, 1.165) is 31.4 Å². The van der Waals surface area contributed by atoms with E-state index in [1.54, 1.807) is 18.1 Å². The Labute approximate surface area is 171 Å². The molecule has 29 heavy (non-hydrogen) atoms. The molecule has 0 unspecified atom stereocenters. The van der Waals surface area contributed by atoms with Gasteiger partial charge in [-0.25, -0.2) is 4.79 Å². The molecule has 2 aliphatic carbocycles. The van der Waals surface area contributed by atoms with Crippen LogP contribution in [0.4, 0.5) is 10.5 Å². The number of aromatic nitrogens is 1. The van der Waals surface area contributed by atoms with Gasteiger partial charge >= 0.3 is 6.03 Å². The van der Waals surface area contributed by atoms with Gasteiger partial charge < -0.3 is 24.4 Å². The summed E-state index contributed by atoms with van der Waals surface area (Å²) in [6.07, 6.45) is 5.95. The van der Waals surface area contributed by atoms with Crippen LogP contribution < -0.4 is 10.1 Å². The lowest BCUT2D eigenvalue weighted by Gasteiger charge is -2.28. The van der Waals surface area contributed by atoms with E-state index in [-0.39, 0.29) is 24.5 Å². The van der Waals surface area contributed by atoms with E-state index < -0.39 is 0 Å². The summed E-state index contributed by atoms with van der Waals surface area (Å²) in [6, 6.07) is 11.5. The summed E-state index contributed by atoms with van der Waals surface area (Å²) in [4.78, 5) is 29.7. The Morgan fingerprint density at radius 2 is 1.83 bits per heavy atom. The Balaban J connectivity index is 1.43. The number of hydrogen-bond acceptors (Lipinski definition) is 3. The molecule has 1 heterocycles. The topological polar surface area (TPSA) is 66.8 Å². The molecule has 0 radical (unpaired) electrons. The van der Waals surface area contributed by atoms with Crippen molar-refractivity contribution in [2.45, 2.75) is 44.3 Å². The van der Waals surface area contributed by atoms with Crippen LogP contribution in [-0.4, -0.2) is 52.0 Å². The van der Waals surface area contributed by atoms with Crippen molar-refractivity contribution in [3.8, 4) is 5.75 Å². The van der Waals surface area contributed by atoms with Crippen molar-refractivity contribution >= 4 is 17.6 Å². The highest BCUT2D eigenvalue weighted by Crippen LogP contribution is 2.31. The van der Waals surface area contributed by atoms with E-state index in [1.807, 2.05) is 53.0 Å². The fourth-order valence-electron chi connectivity index (χ4n) is 3.53. The SMILES string of the molecule is COc1cccc(NC(=O)N(CC(=O)N(Cc2cccn2C)C2CC2)C2CC2)c1. The second kappa shape index (κ2) is 8.19. The number of nitrogens with zero attached hydrogens (tertiary/aromatic N) is 3. The zero-order chi connectivity index (χ0) is 20.4. The number of carbonyl (C=O) groups is 2. The molecule has 7 nitrogen and oxygen atoms in total. The molecule has 7 heteroatoms. The molecule has 1 aromatic heterocycles. The fraction of sp³-hybridized carbons (Fsp3) is 0.455. The van der Waals surface area contributed by atoms with E-state index in [9.17, 15) is 9.59 Å². The van der Waals surface area contributed by atoms with Crippen LogP contribution in [0, 0.1) is 0 Å². The first-order valence-corrected chi connectivity index (χ1v) is 10.2. The van der Waals surface area contributed by atoms with Crippen LogP contribution in [0.3, 0.4) is 0 Å². The van der Waals surface area contributed by atoms with Crippen LogP contribution in [0.25, 0.3) is 0 Å². The second-order valence-electron chi connectivity index (χ2n) is 7.88. The molecule has 3 amide bonds. The average molecular weight is 396 g/mol. The standard InChI is InChI=1S/C22H28N4O3/c1-24-12-4-6-19(24)14-25(17-8-9-17)21(27)15-26(18-10-11-18)22(28)23-16-5-3-7-20(13-16)29-2/h3-7,12-13,17-18H,8-11,14-15H2,1-2H3,(H,23,28). The smallest absolute Gasteiger partial charge is 0.322 e. The summed E-state index contributed by atoms with van der Waals surface area (Å²) in [5.41, 5.74) is 1.76. The highest BCUT2D eigenvalue weighted by molar-refractivity contribution is 5.93. The fourth-order valence-corrected chi connectivity index (χ4v) is 3.53. The molecule has 2 aromatic rings. The van der Waals surface area contributed by atoms with E-state index in [4.69, 9.17) is 4.74 Å². The number of amides is 3. The number of hydrogen-bond donors (Lipinski definition) is 1. The van der Waals surface area contributed by atoms with Crippen LogP contribution in [0.1, 0.15) is 31.4 Å². The third-order valence-electron chi connectivity index (χ3n) is 5.57. The summed E-state index contributed by atoms with van der Waals surface area (Å²) in [6.45, 7) is 0.699. The van der Waals surface area contributed by atoms with Crippen molar-refractivity contribution in [3.05, 3.63) is 48.3 Å². The molecule has 1 N–H and O–H groups in total. The molecule has 0 aliphatic heterocycles. The molecule has 0 spiro atoms. The molecule has 2 fully saturated rings. The van der Waals surface area contributed by atoms with E-state index in [0.29, 0.717) is 24.0 Å². The first kappa shape index (κ1) is 19.4. The largest absolute Gasteiger partial charge is 0.497 e. The van der Waals surface area contributed by atoms with E-state index in [1.165, 1.54) is 0 Å². The number of ether oxygens (including phenoxy) is 1. The minimum absolute atomic E-state index is 0.0152. The molecular weight excluding hydrogens is 368 g/mol. The van der Waals surface area contributed by atoms with Crippen LogP contribution in [0.15, 0.2) is 42.6 Å². The van der Waals surface area contributed by atoms with Crippen molar-refractivity contribution in [2.75, 3.05) is 19.0 Å². The van der Waals surface area contributed by atoms with Gasteiger partial charge in [0.25, 0.3) is 0 Å². The third-order valence-corrected chi connectivity index (χ3v) is 5.57. The van der Waals surface area contributed by atoms with Crippen LogP contribution in [-0.2, 0) is 18.4 Å². The summed E-state index contributed by atoms with van der Waals surface area (Å²) >= 11 is 0. The maximum Gasteiger partial charge on any atom is 0.322 e. The van der Waals surface area contributed by atoms with Gasteiger partial charge in [0, 0.05) is 42.8 Å². The lowest BCUT2D eigenvalue weighted by molar-refractivity contribution is -0.133. The zero-order valence-electron chi connectivity index (χ0n) is 17.0. The molecule has 0 atom stereocenters. The van der Waals surface area contributed by atoms with Crippen molar-refractivity contribution in [3.63, 3.8) is 0 Å². The first-order valence-electron chi connectivity index (χ1n) is 10.2. The molecule has 0 saturated heterocycles. The zero-order valence-corrected chi connectivity index (χ0v) is 17.0. The van der Waals surface area contributed by atoms with E-state index in [2.05, 4.69) is 5.32 Å². The first-order chi connectivity index (χ1) is 14.0. The van der Waals surface area contributed by atoms with Gasteiger partial charge in [0.1, 0.15) is 12.3 Å². The average Bonchev–Trinajstić information content (AvgIpc) is 3.63. The number of nitrogens with one attached hydrogen (secondary N) is 1. The molecule has 2 saturated carbocycles. The maximum absolute atomic E-state index is 13.1. The van der Waals surface area contributed by atoms with Crippen molar-refractivity contribution in [2.24, 2.45) is 7.05 Å². The summed E-state index contributed by atoms with van der Waals surface area (Å²) in [7, 11) is 3.58. The quantitative estimate of drug-likeness (QED) is 0.745. The number of anilines is 1. The normalized spacial score (nSPS) is 15.7. The van der Waals surface area contributed by atoms with Gasteiger partial charge in [0.15, 0.2) is 0 Å². The second-order valence-corrected chi connectivity index (χ2v) is 7.88. The Morgan fingerprint density at radius 3 is 2.45 bits per heavy atom. The summed E-state index contributed by atoms with van der Waals surface area (Å²) in [5.74, 6) is 0.695. The number of benzene rings is 1. The summed E-state index contributed by atoms with van der Waals surface area (Å²) in [5, 5.41) is 2.91. The minimum Gasteiger partial charge on any atom is -0.497 e. The van der Waals surface area contributed by atoms with Crippen molar-refractivity contribution in [1.29, 1.82) is 0 Å². The van der Waals surface area contributed by atoms with Crippen LogP contribution >= 0.6 is 0 Å². The number of carbonyl (C=O) groups excluding carboxylic acids is 2. The van der Waals surface area contributed by atoms with Crippen molar-refractivity contribution < 1.29 is 14.3 Å². The van der Waals surface area contributed by atoms with Gasteiger partial charge in [0.05, 0.1) is 13.7 Å². The Bertz CT molecular complexity index is 886. The lowest BCUT2D eigenvalue weighted by atomic mass is 10.3. The summed E-state index contributed by atoms with van der Waals surface area (Å²) < 4.78 is 7.26. The van der Waals surface area contributed by atoms with Gasteiger partial charge in [-0.3, -0.25) is 4.79 Å². The molecule has 0 bridgehead atoms. The van der Waals surface area contributed by atoms with Crippen LogP contribution in [0.5, 0.6) is 5.75 Å². The predicted molar refractivity (Wildman–Crippen MR) is 111 cm³/mol. The number of rotatable bonds is 8. The number of methoxy groups -OCH3 is 1. The number of urea groups is 1. The number of aryl methyl sites for hydroxylation is 1. The molecule has 1 aromatic carbocycles. The Morgan fingerprint density at radius 1 is 1.10 bits per heavy atom. The highest BCUT2D eigenvalue weighted by Gasteiger charge is 2.38. The minimum atomic E-state index is -0.233. The van der Waals surface area contributed by atoms with Gasteiger partial charge in [-0.1, -0.05) is 6.07 Å². The van der Waals surface area contributed by atoms with Gasteiger partial charge in [-0.2, -0.15) is 0 Å². The molecule has 2 aliphatic rings. The van der Waals surface area contributed by atoms with E-state index >= 15 is 0 Å². The molecular formula is C22H28N4O3. The lowest BCUT2D eigenvalue weighted by Crippen LogP contribution is -2.46. The third kappa shape index (κ3) is 4.72. The predicted octanol–water partition coefficient (Wildman–Crippen LogP) is 3.22. The van der Waals surface area contributed by atoms with Gasteiger partial charge in [-0.15, -0.1) is 0 Å². The maximum atomic E-state index is 13.1. The Kier molecular flexibility index (Phi) is 5.47. The van der Waals surface area contributed by atoms with Gasteiger partial charge in [-0.05, 0) is 49.9 Å². The van der Waals surface area contributed by atoms with Crippen LogP contribution in [0.2, 0.25) is 0 Å². The monoisotopic (exact) mass is 396 g/mol. The Hall–Kier alpha value is -2.96. The molecule has 4 rings (SSSR count).